The quantitative estimate of drug-likeness (QED) is 0.308. The molecule has 2 unspecified atom stereocenters. The Morgan fingerprint density at radius 1 is 0.760 bits per heavy atom. The molecule has 0 saturated carbocycles. The molecule has 6 nitrogen and oxygen atoms in total. The van der Waals surface area contributed by atoms with Crippen LogP contribution in [0.4, 0.5) is 0 Å². The fourth-order valence-corrected chi connectivity index (χ4v) is 3.62. The number of nitrogens with two attached hydrogens (primary N) is 4. The van der Waals surface area contributed by atoms with Gasteiger partial charge in [-0.1, -0.05) is 6.92 Å². The van der Waals surface area contributed by atoms with Crippen LogP contribution in [0.1, 0.15) is 59.3 Å². The van der Waals surface area contributed by atoms with Gasteiger partial charge in [0.1, 0.15) is 0 Å². The third kappa shape index (κ3) is 9.87. The summed E-state index contributed by atoms with van der Waals surface area (Å²) in [5.74, 6) is 0. The summed E-state index contributed by atoms with van der Waals surface area (Å²) in [6, 6.07) is 0.515. The highest BCUT2D eigenvalue weighted by Gasteiger charge is 2.32. The molecule has 25 heavy (non-hydrogen) atoms. The van der Waals surface area contributed by atoms with Gasteiger partial charge in [0.05, 0.1) is 0 Å². The molecule has 0 aromatic rings. The molecule has 0 aromatic carbocycles. The van der Waals surface area contributed by atoms with Crippen LogP contribution in [-0.2, 0) is 0 Å². The van der Waals surface area contributed by atoms with Gasteiger partial charge in [-0.3, -0.25) is 4.90 Å². The minimum atomic E-state index is 0.174. The van der Waals surface area contributed by atoms with Crippen molar-refractivity contribution in [3.63, 3.8) is 0 Å². The Hall–Kier alpha value is -0.240. The van der Waals surface area contributed by atoms with Crippen LogP contribution in [0.2, 0.25) is 0 Å². The Labute approximate surface area is 156 Å². The van der Waals surface area contributed by atoms with Gasteiger partial charge in [-0.2, -0.15) is 0 Å². The first-order valence-electron chi connectivity index (χ1n) is 10.3. The summed E-state index contributed by atoms with van der Waals surface area (Å²) in [6.07, 6.45) is 6.45. The van der Waals surface area contributed by atoms with E-state index in [1.54, 1.807) is 0 Å². The molecule has 152 valence electrons. The van der Waals surface area contributed by atoms with E-state index in [4.69, 9.17) is 22.9 Å². The predicted octanol–water partition coefficient (Wildman–Crippen LogP) is 0.933. The van der Waals surface area contributed by atoms with E-state index in [0.29, 0.717) is 6.04 Å². The molecule has 0 fully saturated rings. The molecular formula is C19H46N6. The summed E-state index contributed by atoms with van der Waals surface area (Å²) in [7, 11) is 0. The van der Waals surface area contributed by atoms with Crippen molar-refractivity contribution in [3.05, 3.63) is 0 Å². The molecule has 0 aliphatic rings. The van der Waals surface area contributed by atoms with Crippen LogP contribution in [0.15, 0.2) is 0 Å². The maximum Gasteiger partial charge on any atom is 0.0193 e. The first kappa shape index (κ1) is 24.8. The van der Waals surface area contributed by atoms with Crippen LogP contribution >= 0.6 is 0 Å². The van der Waals surface area contributed by atoms with Gasteiger partial charge in [-0.25, -0.2) is 0 Å². The van der Waals surface area contributed by atoms with Crippen LogP contribution in [0.25, 0.3) is 0 Å². The fraction of sp³-hybridized carbons (Fsp3) is 1.00. The van der Waals surface area contributed by atoms with Crippen molar-refractivity contribution in [2.24, 2.45) is 22.9 Å². The molecule has 0 radical (unpaired) electrons. The largest absolute Gasteiger partial charge is 0.330 e. The van der Waals surface area contributed by atoms with Gasteiger partial charge in [0.15, 0.2) is 0 Å². The summed E-state index contributed by atoms with van der Waals surface area (Å²) < 4.78 is 0. The molecule has 0 bridgehead atoms. The SMILES string of the molecule is CCC(C)(CC(C)N(CCCN)CCCN)N(CCCN)CCCN. The zero-order chi connectivity index (χ0) is 19.1. The van der Waals surface area contributed by atoms with Crippen molar-refractivity contribution in [1.29, 1.82) is 0 Å². The van der Waals surface area contributed by atoms with Crippen LogP contribution in [0, 0.1) is 0 Å². The lowest BCUT2D eigenvalue weighted by Gasteiger charge is -2.45. The number of rotatable bonds is 17. The lowest BCUT2D eigenvalue weighted by atomic mass is 9.87. The van der Waals surface area contributed by atoms with Gasteiger partial charge in [0.2, 0.25) is 0 Å². The minimum absolute atomic E-state index is 0.174. The molecule has 2 atom stereocenters. The van der Waals surface area contributed by atoms with Crippen LogP contribution in [0.3, 0.4) is 0 Å². The Bertz CT molecular complexity index is 286. The maximum absolute atomic E-state index is 5.77. The Balaban J connectivity index is 5.01. The topological polar surface area (TPSA) is 111 Å². The van der Waals surface area contributed by atoms with E-state index in [1.165, 1.54) is 0 Å². The molecule has 8 N–H and O–H groups in total. The van der Waals surface area contributed by atoms with E-state index >= 15 is 0 Å². The third-order valence-corrected chi connectivity index (χ3v) is 5.45. The Morgan fingerprint density at radius 2 is 1.16 bits per heavy atom. The van der Waals surface area contributed by atoms with Crippen molar-refractivity contribution in [2.45, 2.75) is 70.9 Å². The summed E-state index contributed by atoms with van der Waals surface area (Å²) in [6.45, 7) is 14.3. The minimum Gasteiger partial charge on any atom is -0.330 e. The predicted molar refractivity (Wildman–Crippen MR) is 111 cm³/mol. The van der Waals surface area contributed by atoms with E-state index in [2.05, 4.69) is 30.6 Å². The van der Waals surface area contributed by atoms with Gasteiger partial charge in [0.25, 0.3) is 0 Å². The molecule has 6 heteroatoms. The average molecular weight is 359 g/mol. The second-order valence-electron chi connectivity index (χ2n) is 7.50. The molecule has 0 aliphatic heterocycles. The van der Waals surface area contributed by atoms with Gasteiger partial charge in [-0.05, 0) is 105 Å². The molecule has 0 saturated heterocycles. The first-order valence-corrected chi connectivity index (χ1v) is 10.3. The van der Waals surface area contributed by atoms with E-state index in [9.17, 15) is 0 Å². The van der Waals surface area contributed by atoms with Gasteiger partial charge >= 0.3 is 0 Å². The lowest BCUT2D eigenvalue weighted by molar-refractivity contribution is 0.0547. The Kier molecular flexibility index (Phi) is 14.7. The summed E-state index contributed by atoms with van der Waals surface area (Å²) >= 11 is 0. The second-order valence-corrected chi connectivity index (χ2v) is 7.50. The molecule has 0 amide bonds. The maximum atomic E-state index is 5.77. The van der Waals surface area contributed by atoms with Crippen molar-refractivity contribution in [1.82, 2.24) is 9.80 Å². The zero-order valence-electron chi connectivity index (χ0n) is 17.2. The second kappa shape index (κ2) is 14.9. The summed E-state index contributed by atoms with van der Waals surface area (Å²) in [5.41, 5.74) is 23.2. The molecule has 0 aromatic heterocycles. The molecule has 0 aliphatic carbocycles. The summed E-state index contributed by atoms with van der Waals surface area (Å²) in [5, 5.41) is 0. The number of hydrogen-bond donors (Lipinski definition) is 4. The van der Waals surface area contributed by atoms with E-state index < -0.39 is 0 Å². The van der Waals surface area contributed by atoms with Crippen molar-refractivity contribution in [3.8, 4) is 0 Å². The molecule has 0 rings (SSSR count). The number of hydrogen-bond acceptors (Lipinski definition) is 6. The van der Waals surface area contributed by atoms with Crippen LogP contribution in [-0.4, -0.2) is 73.7 Å². The standard InChI is InChI=1S/C19H46N6/c1-4-19(3,25(15-7-11-22)16-8-12-23)17-18(2)24(13-5-9-20)14-6-10-21/h18H,4-17,20-23H2,1-3H3. The first-order chi connectivity index (χ1) is 12.0. The van der Waals surface area contributed by atoms with Crippen molar-refractivity contribution < 1.29 is 0 Å². The highest BCUT2D eigenvalue weighted by Crippen LogP contribution is 2.28. The zero-order valence-corrected chi connectivity index (χ0v) is 17.2. The van der Waals surface area contributed by atoms with Crippen molar-refractivity contribution in [2.75, 3.05) is 52.4 Å². The van der Waals surface area contributed by atoms with Crippen LogP contribution < -0.4 is 22.9 Å². The Morgan fingerprint density at radius 3 is 1.52 bits per heavy atom. The molecule has 0 heterocycles. The highest BCUT2D eigenvalue weighted by molar-refractivity contribution is 4.89. The monoisotopic (exact) mass is 358 g/mol. The number of nitrogens with zero attached hydrogens (tertiary/aromatic N) is 2. The van der Waals surface area contributed by atoms with Crippen molar-refractivity contribution >= 4 is 0 Å². The van der Waals surface area contributed by atoms with E-state index in [0.717, 1.165) is 90.9 Å². The van der Waals surface area contributed by atoms with Gasteiger partial charge in [0, 0.05) is 11.6 Å². The summed E-state index contributed by atoms with van der Waals surface area (Å²) in [4.78, 5) is 5.19. The van der Waals surface area contributed by atoms with E-state index in [1.807, 2.05) is 0 Å². The van der Waals surface area contributed by atoms with Gasteiger partial charge < -0.3 is 27.8 Å². The smallest absolute Gasteiger partial charge is 0.0193 e. The molecular weight excluding hydrogens is 312 g/mol. The highest BCUT2D eigenvalue weighted by atomic mass is 15.2. The van der Waals surface area contributed by atoms with E-state index in [-0.39, 0.29) is 5.54 Å². The van der Waals surface area contributed by atoms with Gasteiger partial charge in [-0.15, -0.1) is 0 Å². The lowest BCUT2D eigenvalue weighted by Crippen LogP contribution is -2.52. The average Bonchev–Trinajstić information content (AvgIpc) is 2.61. The fourth-order valence-electron chi connectivity index (χ4n) is 3.62. The third-order valence-electron chi connectivity index (χ3n) is 5.45. The molecule has 0 spiro atoms. The van der Waals surface area contributed by atoms with Crippen LogP contribution in [0.5, 0.6) is 0 Å². The normalized spacial score (nSPS) is 15.7.